The molecule has 2 aromatic carbocycles. The van der Waals surface area contributed by atoms with E-state index in [-0.39, 0.29) is 21.7 Å². The van der Waals surface area contributed by atoms with Crippen molar-refractivity contribution in [1.29, 1.82) is 5.26 Å². The minimum absolute atomic E-state index is 0.0519. The highest BCUT2D eigenvalue weighted by Gasteiger charge is 2.54. The van der Waals surface area contributed by atoms with Crippen LogP contribution < -0.4 is 4.74 Å². The quantitative estimate of drug-likeness (QED) is 0.469. The average Bonchev–Trinajstić information content (AvgIpc) is 2.64. The second-order valence-electron chi connectivity index (χ2n) is 13.5. The molecule has 0 aliphatic rings. The van der Waals surface area contributed by atoms with E-state index in [1.54, 1.807) is 0 Å². The van der Waals surface area contributed by atoms with E-state index in [4.69, 9.17) is 4.74 Å². The van der Waals surface area contributed by atoms with Gasteiger partial charge in [0.25, 0.3) is 0 Å². The predicted molar refractivity (Wildman–Crippen MR) is 141 cm³/mol. The molecule has 180 valence electrons. The van der Waals surface area contributed by atoms with E-state index in [1.165, 1.54) is 5.56 Å². The standard InChI is InChI=1S/C31H45NO/c1-27(2,3)23-18-24(28(4,5)6)26(33-20-22-16-14-13-15-17-22)25(19-23)31(21-32,29(7,8)9)30(10,11)12/h13-19H,20H2,1-12H3. The fraction of sp³-hybridized carbons (Fsp3) is 0.581. The lowest BCUT2D eigenvalue weighted by molar-refractivity contribution is 0.101. The molecule has 0 radical (unpaired) electrons. The Morgan fingerprint density at radius 1 is 0.697 bits per heavy atom. The van der Waals surface area contributed by atoms with E-state index in [0.717, 1.165) is 22.4 Å². The van der Waals surface area contributed by atoms with Crippen LogP contribution in [-0.4, -0.2) is 0 Å². The molecule has 0 saturated heterocycles. The lowest BCUT2D eigenvalue weighted by Crippen LogP contribution is -2.49. The van der Waals surface area contributed by atoms with E-state index >= 15 is 0 Å². The molecule has 0 fully saturated rings. The number of rotatable bonds is 4. The zero-order valence-electron chi connectivity index (χ0n) is 23.1. The van der Waals surface area contributed by atoms with E-state index < -0.39 is 5.41 Å². The molecule has 2 heteroatoms. The van der Waals surface area contributed by atoms with Gasteiger partial charge in [0.2, 0.25) is 0 Å². The van der Waals surface area contributed by atoms with Crippen molar-refractivity contribution in [3.05, 3.63) is 64.7 Å². The smallest absolute Gasteiger partial charge is 0.128 e. The molecule has 0 bridgehead atoms. The summed E-state index contributed by atoms with van der Waals surface area (Å²) < 4.78 is 6.70. The van der Waals surface area contributed by atoms with Gasteiger partial charge in [0.15, 0.2) is 0 Å². The van der Waals surface area contributed by atoms with Gasteiger partial charge in [-0.2, -0.15) is 5.26 Å². The molecule has 0 aliphatic heterocycles. The van der Waals surface area contributed by atoms with Gasteiger partial charge in [0.1, 0.15) is 12.4 Å². The summed E-state index contributed by atoms with van der Waals surface area (Å²) in [5.41, 5.74) is 2.97. The SMILES string of the molecule is CC(C)(C)c1cc(C(C)(C)C)c(OCc2ccccc2)c(C(C#N)(C(C)(C)C)C(C)(C)C)c1. The highest BCUT2D eigenvalue weighted by atomic mass is 16.5. The third-order valence-corrected chi connectivity index (χ3v) is 6.81. The van der Waals surface area contributed by atoms with Crippen LogP contribution in [0.25, 0.3) is 0 Å². The van der Waals surface area contributed by atoms with Gasteiger partial charge < -0.3 is 4.74 Å². The summed E-state index contributed by atoms with van der Waals surface area (Å²) in [6, 6.07) is 17.7. The Morgan fingerprint density at radius 3 is 1.58 bits per heavy atom. The fourth-order valence-electron chi connectivity index (χ4n) is 5.11. The second kappa shape index (κ2) is 8.83. The Kier molecular flexibility index (Phi) is 7.22. The van der Waals surface area contributed by atoms with Crippen molar-refractivity contribution in [2.24, 2.45) is 10.8 Å². The number of hydrogen-bond donors (Lipinski definition) is 0. The van der Waals surface area contributed by atoms with Crippen LogP contribution >= 0.6 is 0 Å². The molecule has 0 aliphatic carbocycles. The molecular weight excluding hydrogens is 402 g/mol. The maximum atomic E-state index is 10.9. The number of ether oxygens (including phenoxy) is 1. The van der Waals surface area contributed by atoms with Crippen LogP contribution in [0.2, 0.25) is 0 Å². The van der Waals surface area contributed by atoms with Crippen molar-refractivity contribution < 1.29 is 4.74 Å². The van der Waals surface area contributed by atoms with Crippen molar-refractivity contribution >= 4 is 0 Å². The van der Waals surface area contributed by atoms with Crippen molar-refractivity contribution in [3.8, 4) is 11.8 Å². The minimum atomic E-state index is -0.757. The van der Waals surface area contributed by atoms with E-state index in [9.17, 15) is 5.26 Å². The van der Waals surface area contributed by atoms with Gasteiger partial charge in [0.05, 0.1) is 11.5 Å². The van der Waals surface area contributed by atoms with E-state index in [1.807, 2.05) is 18.2 Å². The van der Waals surface area contributed by atoms with Gasteiger partial charge >= 0.3 is 0 Å². The Balaban J connectivity index is 3.00. The van der Waals surface area contributed by atoms with Crippen molar-refractivity contribution in [3.63, 3.8) is 0 Å². The molecule has 33 heavy (non-hydrogen) atoms. The van der Waals surface area contributed by atoms with Gasteiger partial charge in [0, 0.05) is 11.1 Å². The summed E-state index contributed by atoms with van der Waals surface area (Å²) in [6.45, 7) is 27.0. The first kappa shape index (κ1) is 27.0. The third-order valence-electron chi connectivity index (χ3n) is 6.81. The normalized spacial score (nSPS) is 13.5. The zero-order chi connectivity index (χ0) is 25.5. The van der Waals surface area contributed by atoms with Gasteiger partial charge in [-0.25, -0.2) is 0 Å². The van der Waals surface area contributed by atoms with Crippen LogP contribution in [0.3, 0.4) is 0 Å². The summed E-state index contributed by atoms with van der Waals surface area (Å²) in [5, 5.41) is 10.9. The van der Waals surface area contributed by atoms with Gasteiger partial charge in [-0.1, -0.05) is 119 Å². The van der Waals surface area contributed by atoms with E-state index in [2.05, 4.69) is 113 Å². The molecule has 0 N–H and O–H groups in total. The average molecular weight is 448 g/mol. The largest absolute Gasteiger partial charge is 0.488 e. The maximum absolute atomic E-state index is 10.9. The van der Waals surface area contributed by atoms with Crippen molar-refractivity contribution in [2.75, 3.05) is 0 Å². The number of nitriles is 1. The molecule has 2 nitrogen and oxygen atoms in total. The number of nitrogens with zero attached hydrogens (tertiary/aromatic N) is 1. The lowest BCUT2D eigenvalue weighted by Gasteiger charge is -2.50. The van der Waals surface area contributed by atoms with Crippen molar-refractivity contribution in [2.45, 2.75) is 106 Å². The second-order valence-corrected chi connectivity index (χ2v) is 13.5. The number of benzene rings is 2. The highest BCUT2D eigenvalue weighted by molar-refractivity contribution is 5.56. The molecule has 0 aromatic heterocycles. The number of hydrogen-bond acceptors (Lipinski definition) is 2. The summed E-state index contributed by atoms with van der Waals surface area (Å²) in [6.07, 6.45) is 0. The lowest BCUT2D eigenvalue weighted by atomic mass is 9.51. The van der Waals surface area contributed by atoms with Gasteiger partial charge in [-0.15, -0.1) is 0 Å². The van der Waals surface area contributed by atoms with Crippen LogP contribution in [-0.2, 0) is 22.9 Å². The summed E-state index contributed by atoms with van der Waals surface area (Å²) in [4.78, 5) is 0. The molecule has 0 atom stereocenters. The molecule has 0 heterocycles. The van der Waals surface area contributed by atoms with Crippen LogP contribution in [0.5, 0.6) is 5.75 Å². The topological polar surface area (TPSA) is 33.0 Å². The molecule has 0 spiro atoms. The molecule has 0 amide bonds. The summed E-state index contributed by atoms with van der Waals surface area (Å²) in [5.74, 6) is 0.866. The Bertz CT molecular complexity index is 983. The molecule has 2 aromatic rings. The molecule has 2 rings (SSSR count). The van der Waals surface area contributed by atoms with Gasteiger partial charge in [-0.05, 0) is 38.9 Å². The molecule has 0 saturated carbocycles. The van der Waals surface area contributed by atoms with Crippen LogP contribution in [0, 0.1) is 22.2 Å². The highest BCUT2D eigenvalue weighted by Crippen LogP contribution is 2.57. The summed E-state index contributed by atoms with van der Waals surface area (Å²) in [7, 11) is 0. The maximum Gasteiger partial charge on any atom is 0.128 e. The fourth-order valence-corrected chi connectivity index (χ4v) is 5.11. The van der Waals surface area contributed by atoms with E-state index in [0.29, 0.717) is 6.61 Å². The first-order chi connectivity index (χ1) is 14.9. The first-order valence-corrected chi connectivity index (χ1v) is 12.1. The molecule has 0 unspecified atom stereocenters. The summed E-state index contributed by atoms with van der Waals surface area (Å²) >= 11 is 0. The van der Waals surface area contributed by atoms with Crippen LogP contribution in [0.4, 0.5) is 0 Å². The predicted octanol–water partition coefficient (Wildman–Crippen LogP) is 8.71. The minimum Gasteiger partial charge on any atom is -0.488 e. The first-order valence-electron chi connectivity index (χ1n) is 12.1. The Labute approximate surface area is 203 Å². The van der Waals surface area contributed by atoms with Crippen LogP contribution in [0.15, 0.2) is 42.5 Å². The Hall–Kier alpha value is -2.27. The zero-order valence-corrected chi connectivity index (χ0v) is 23.1. The van der Waals surface area contributed by atoms with Crippen LogP contribution in [0.1, 0.15) is 105 Å². The Morgan fingerprint density at radius 2 is 1.18 bits per heavy atom. The van der Waals surface area contributed by atoms with Crippen molar-refractivity contribution in [1.82, 2.24) is 0 Å². The third kappa shape index (κ3) is 5.29. The molecular formula is C31H45NO. The monoisotopic (exact) mass is 447 g/mol. The van der Waals surface area contributed by atoms with Gasteiger partial charge in [-0.3, -0.25) is 0 Å².